The Morgan fingerprint density at radius 3 is 2.21 bits per heavy atom. The van der Waals surface area contributed by atoms with Crippen LogP contribution in [0.1, 0.15) is 43.9 Å². The molecule has 0 aromatic heterocycles. The molecule has 0 aliphatic carbocycles. The minimum atomic E-state index is -1.35. The van der Waals surface area contributed by atoms with Gasteiger partial charge in [-0.2, -0.15) is 5.26 Å². The van der Waals surface area contributed by atoms with E-state index in [1.807, 2.05) is 11.9 Å². The van der Waals surface area contributed by atoms with E-state index in [2.05, 4.69) is 6.07 Å². The van der Waals surface area contributed by atoms with Crippen LogP contribution in [0, 0.1) is 11.3 Å². The van der Waals surface area contributed by atoms with Gasteiger partial charge in [-0.1, -0.05) is 12.1 Å². The summed E-state index contributed by atoms with van der Waals surface area (Å²) in [5.41, 5.74) is -1.27. The first-order chi connectivity index (χ1) is 16.0. The van der Waals surface area contributed by atoms with Gasteiger partial charge in [0.2, 0.25) is 0 Å². The van der Waals surface area contributed by atoms with Crippen molar-refractivity contribution in [3.63, 3.8) is 0 Å². The van der Waals surface area contributed by atoms with Crippen molar-refractivity contribution in [3.05, 3.63) is 47.5 Å². The number of benzene rings is 2. The molecule has 2 aromatic carbocycles. The number of aliphatic hydroxyl groups excluding tert-OH is 1. The molecule has 8 nitrogen and oxygen atoms in total. The largest absolute Gasteiger partial charge is 0.504 e. The molecule has 0 amide bonds. The number of phenolic OH excluding ortho intramolecular Hbond substituents is 1. The molecule has 186 valence electrons. The van der Waals surface area contributed by atoms with Crippen molar-refractivity contribution in [1.29, 1.82) is 5.26 Å². The second-order valence-corrected chi connectivity index (χ2v) is 8.96. The molecule has 0 fully saturated rings. The summed E-state index contributed by atoms with van der Waals surface area (Å²) in [7, 11) is 6.44. The minimum Gasteiger partial charge on any atom is -0.504 e. The van der Waals surface area contributed by atoms with Crippen LogP contribution in [0.4, 0.5) is 0 Å². The fourth-order valence-corrected chi connectivity index (χ4v) is 4.17. The molecule has 0 spiro atoms. The lowest BCUT2D eigenvalue weighted by atomic mass is 9.67. The lowest BCUT2D eigenvalue weighted by Crippen LogP contribution is -2.47. The summed E-state index contributed by atoms with van der Waals surface area (Å²) in [6.07, 6.45) is 0.231. The van der Waals surface area contributed by atoms with Crippen LogP contribution in [-0.2, 0) is 5.41 Å². The molecule has 0 aliphatic heterocycles. The Hall–Kier alpha value is -2.99. The van der Waals surface area contributed by atoms with Crippen molar-refractivity contribution < 1.29 is 29.5 Å². The van der Waals surface area contributed by atoms with Gasteiger partial charge in [0.1, 0.15) is 5.41 Å². The highest BCUT2D eigenvalue weighted by atomic mass is 16.5. The van der Waals surface area contributed by atoms with Crippen LogP contribution in [-0.4, -0.2) is 67.3 Å². The molecule has 2 atom stereocenters. The second kappa shape index (κ2) is 11.4. The number of rotatable bonds is 12. The van der Waals surface area contributed by atoms with Crippen LogP contribution < -0.4 is 14.2 Å². The third kappa shape index (κ3) is 5.92. The molecule has 3 N–H and O–H groups in total. The number of aliphatic hydroxyl groups is 2. The van der Waals surface area contributed by atoms with Crippen LogP contribution in [0.2, 0.25) is 0 Å². The Labute approximate surface area is 201 Å². The van der Waals surface area contributed by atoms with E-state index < -0.39 is 17.1 Å². The molecule has 0 saturated carbocycles. The van der Waals surface area contributed by atoms with E-state index in [0.717, 1.165) is 0 Å². The van der Waals surface area contributed by atoms with E-state index >= 15 is 0 Å². The highest BCUT2D eigenvalue weighted by molar-refractivity contribution is 5.48. The second-order valence-electron chi connectivity index (χ2n) is 8.96. The van der Waals surface area contributed by atoms with Crippen molar-refractivity contribution >= 4 is 0 Å². The first kappa shape index (κ1) is 27.3. The third-order valence-electron chi connectivity index (χ3n) is 6.28. The van der Waals surface area contributed by atoms with Crippen LogP contribution in [0.25, 0.3) is 0 Å². The third-order valence-corrected chi connectivity index (χ3v) is 6.28. The summed E-state index contributed by atoms with van der Waals surface area (Å²) in [5, 5.41) is 41.8. The molecular formula is C26H36N2O6. The standard InChI is InChI=1S/C26H36N2O6/c1-25(2,31)26(17-27,19-9-10-20(29)23(15-19)33-5)12-7-13-28(3)16-21(30)18-8-11-22(32-4)24(14-18)34-6/h8-11,14-15,21,29-31H,7,12-13,16H2,1-6H3. The minimum absolute atomic E-state index is 0.0299. The Bertz CT molecular complexity index is 998. The van der Waals surface area contributed by atoms with Crippen LogP contribution >= 0.6 is 0 Å². The van der Waals surface area contributed by atoms with Crippen LogP contribution in [0.3, 0.4) is 0 Å². The van der Waals surface area contributed by atoms with Crippen molar-refractivity contribution in [2.45, 2.75) is 43.8 Å². The molecule has 2 aromatic rings. The summed E-state index contributed by atoms with van der Waals surface area (Å²) in [6, 6.07) is 12.3. The zero-order valence-electron chi connectivity index (χ0n) is 20.8. The van der Waals surface area contributed by atoms with Gasteiger partial charge in [-0.25, -0.2) is 0 Å². The van der Waals surface area contributed by atoms with Gasteiger partial charge < -0.3 is 34.4 Å². The lowest BCUT2D eigenvalue weighted by molar-refractivity contribution is 0.0124. The maximum atomic E-state index is 11.0. The molecule has 0 radical (unpaired) electrons. The summed E-state index contributed by atoms with van der Waals surface area (Å²) >= 11 is 0. The van der Waals surface area contributed by atoms with E-state index in [1.165, 1.54) is 13.2 Å². The molecule has 34 heavy (non-hydrogen) atoms. The molecule has 0 heterocycles. The maximum absolute atomic E-state index is 11.0. The van der Waals surface area contributed by atoms with Crippen molar-refractivity contribution in [3.8, 4) is 29.1 Å². The fraction of sp³-hybridized carbons (Fsp3) is 0.500. The van der Waals surface area contributed by atoms with Gasteiger partial charge in [0.05, 0.1) is 39.1 Å². The molecule has 0 bridgehead atoms. The fourth-order valence-electron chi connectivity index (χ4n) is 4.17. The molecular weight excluding hydrogens is 436 g/mol. The first-order valence-electron chi connectivity index (χ1n) is 11.1. The Morgan fingerprint density at radius 2 is 1.65 bits per heavy atom. The van der Waals surface area contributed by atoms with Gasteiger partial charge in [0, 0.05) is 6.54 Å². The quantitative estimate of drug-likeness (QED) is 0.431. The van der Waals surface area contributed by atoms with Gasteiger partial charge in [-0.15, -0.1) is 0 Å². The van der Waals surface area contributed by atoms with Gasteiger partial charge in [-0.05, 0) is 75.7 Å². The van der Waals surface area contributed by atoms with Gasteiger partial charge >= 0.3 is 0 Å². The van der Waals surface area contributed by atoms with Crippen molar-refractivity contribution in [2.75, 3.05) is 41.5 Å². The van der Waals surface area contributed by atoms with E-state index in [4.69, 9.17) is 14.2 Å². The predicted octanol–water partition coefficient (Wildman–Crippen LogP) is 3.40. The lowest BCUT2D eigenvalue weighted by Gasteiger charge is -2.39. The smallest absolute Gasteiger partial charge is 0.161 e. The summed E-state index contributed by atoms with van der Waals surface area (Å²) < 4.78 is 15.8. The number of phenols is 1. The Kier molecular flexibility index (Phi) is 9.16. The molecule has 0 saturated heterocycles. The topological polar surface area (TPSA) is 115 Å². The zero-order valence-corrected chi connectivity index (χ0v) is 20.8. The molecule has 2 rings (SSSR count). The molecule has 8 heteroatoms. The number of likely N-dealkylation sites (N-methyl/N-ethyl adjacent to an activating group) is 1. The Morgan fingerprint density at radius 1 is 1.00 bits per heavy atom. The summed E-state index contributed by atoms with van der Waals surface area (Å²) in [6.45, 7) is 4.20. The number of hydrogen-bond donors (Lipinski definition) is 3. The van der Waals surface area contributed by atoms with Gasteiger partial charge in [0.25, 0.3) is 0 Å². The Balaban J connectivity index is 2.11. The number of methoxy groups -OCH3 is 3. The van der Waals surface area contributed by atoms with Gasteiger partial charge in [0.15, 0.2) is 23.0 Å². The predicted molar refractivity (Wildman–Crippen MR) is 129 cm³/mol. The zero-order chi connectivity index (χ0) is 25.5. The highest BCUT2D eigenvalue weighted by Gasteiger charge is 2.46. The maximum Gasteiger partial charge on any atom is 0.161 e. The molecule has 2 unspecified atom stereocenters. The van der Waals surface area contributed by atoms with Crippen LogP contribution in [0.5, 0.6) is 23.0 Å². The van der Waals surface area contributed by atoms with Gasteiger partial charge in [-0.3, -0.25) is 0 Å². The molecule has 0 aliphatic rings. The van der Waals surface area contributed by atoms with E-state index in [1.54, 1.807) is 58.4 Å². The monoisotopic (exact) mass is 472 g/mol. The summed E-state index contributed by atoms with van der Waals surface area (Å²) in [5.74, 6) is 1.36. The summed E-state index contributed by atoms with van der Waals surface area (Å²) in [4.78, 5) is 1.98. The number of hydrogen-bond acceptors (Lipinski definition) is 8. The number of nitrogens with zero attached hydrogens (tertiary/aromatic N) is 2. The average molecular weight is 473 g/mol. The number of nitriles is 1. The van der Waals surface area contributed by atoms with E-state index in [9.17, 15) is 20.6 Å². The van der Waals surface area contributed by atoms with E-state index in [0.29, 0.717) is 48.6 Å². The SMILES string of the molecule is COc1cc(C(C#N)(CCCN(C)CC(O)c2ccc(OC)c(OC)c2)C(C)(C)O)ccc1O. The van der Waals surface area contributed by atoms with Crippen molar-refractivity contribution in [2.24, 2.45) is 0 Å². The van der Waals surface area contributed by atoms with Crippen molar-refractivity contribution in [1.82, 2.24) is 4.90 Å². The first-order valence-corrected chi connectivity index (χ1v) is 11.1. The normalized spacial score (nSPS) is 14.2. The van der Waals surface area contributed by atoms with E-state index in [-0.39, 0.29) is 11.5 Å². The average Bonchev–Trinajstić information content (AvgIpc) is 2.81. The number of aromatic hydroxyl groups is 1. The highest BCUT2D eigenvalue weighted by Crippen LogP contribution is 2.42. The number of ether oxygens (including phenoxy) is 3. The van der Waals surface area contributed by atoms with Crippen LogP contribution in [0.15, 0.2) is 36.4 Å².